The summed E-state index contributed by atoms with van der Waals surface area (Å²) in [6, 6.07) is 4.27. The summed E-state index contributed by atoms with van der Waals surface area (Å²) in [5.41, 5.74) is -0.0540. The van der Waals surface area contributed by atoms with Gasteiger partial charge in [-0.3, -0.25) is 0 Å². The van der Waals surface area contributed by atoms with E-state index in [0.717, 1.165) is 0 Å². The molecule has 0 saturated heterocycles. The van der Waals surface area contributed by atoms with E-state index in [2.05, 4.69) is 0 Å². The molecule has 0 radical (unpaired) electrons. The van der Waals surface area contributed by atoms with Crippen molar-refractivity contribution in [3.05, 3.63) is 29.6 Å². The fourth-order valence-electron chi connectivity index (χ4n) is 1.78. The van der Waals surface area contributed by atoms with Gasteiger partial charge in [0.15, 0.2) is 0 Å². The largest absolute Gasteiger partial charge is 0.456 e. The number of carbonyl (C=O) groups is 1. The van der Waals surface area contributed by atoms with Crippen LogP contribution in [0.5, 0.6) is 0 Å². The summed E-state index contributed by atoms with van der Waals surface area (Å²) in [5, 5.41) is 0. The third-order valence-electron chi connectivity index (χ3n) is 2.63. The molecule has 0 spiro atoms. The Morgan fingerprint density at radius 3 is 2.24 bits per heavy atom. The lowest BCUT2D eigenvalue weighted by Crippen LogP contribution is -2.28. The number of ether oxygens (including phenoxy) is 1. The van der Waals surface area contributed by atoms with Crippen LogP contribution in [0.2, 0.25) is 0 Å². The molecule has 0 heterocycles. The molecule has 0 unspecified atom stereocenters. The van der Waals surface area contributed by atoms with E-state index in [1.54, 1.807) is 37.8 Å². The van der Waals surface area contributed by atoms with Crippen molar-refractivity contribution in [3.63, 3.8) is 0 Å². The number of anilines is 1. The summed E-state index contributed by atoms with van der Waals surface area (Å²) in [7, 11) is 0. The van der Waals surface area contributed by atoms with Crippen molar-refractivity contribution < 1.29 is 13.9 Å². The second-order valence-electron chi connectivity index (χ2n) is 5.53. The van der Waals surface area contributed by atoms with E-state index >= 15 is 0 Å². The Labute approximate surface area is 135 Å². The lowest BCUT2D eigenvalue weighted by molar-refractivity contribution is 0.00690. The molecule has 0 bridgehead atoms. The second kappa shape index (κ2) is 7.85. The van der Waals surface area contributed by atoms with Crippen LogP contribution < -0.4 is 4.90 Å². The molecule has 1 aromatic carbocycles. The molecule has 21 heavy (non-hydrogen) atoms. The normalized spacial score (nSPS) is 11.3. The molecular weight excluding hydrogens is 316 g/mol. The Balaban J connectivity index is 2.96. The van der Waals surface area contributed by atoms with Crippen molar-refractivity contribution in [3.8, 4) is 0 Å². The zero-order valence-corrected chi connectivity index (χ0v) is 14.0. The molecule has 0 fully saturated rings. The molecule has 1 aromatic rings. The van der Waals surface area contributed by atoms with Crippen molar-refractivity contribution in [2.75, 3.05) is 29.7 Å². The number of esters is 1. The highest BCUT2D eigenvalue weighted by Gasteiger charge is 2.20. The first-order chi connectivity index (χ1) is 9.78. The summed E-state index contributed by atoms with van der Waals surface area (Å²) >= 11 is 11.4. The van der Waals surface area contributed by atoms with Crippen LogP contribution >= 0.6 is 23.2 Å². The molecule has 0 atom stereocenters. The lowest BCUT2D eigenvalue weighted by Gasteiger charge is -2.24. The van der Waals surface area contributed by atoms with Gasteiger partial charge in [-0.2, -0.15) is 0 Å². The molecule has 1 rings (SSSR count). The third kappa shape index (κ3) is 5.71. The van der Waals surface area contributed by atoms with Gasteiger partial charge in [-0.1, -0.05) is 0 Å². The average molecular weight is 336 g/mol. The molecule has 0 aliphatic heterocycles. The summed E-state index contributed by atoms with van der Waals surface area (Å²) in [6.45, 7) is 6.25. The van der Waals surface area contributed by atoms with Gasteiger partial charge < -0.3 is 9.64 Å². The van der Waals surface area contributed by atoms with Crippen molar-refractivity contribution in [2.24, 2.45) is 0 Å². The number of rotatable bonds is 6. The van der Waals surface area contributed by atoms with Crippen LogP contribution in [0.4, 0.5) is 10.1 Å². The summed E-state index contributed by atoms with van der Waals surface area (Å²) < 4.78 is 19.4. The van der Waals surface area contributed by atoms with Gasteiger partial charge in [-0.25, -0.2) is 9.18 Å². The van der Waals surface area contributed by atoms with E-state index in [0.29, 0.717) is 30.5 Å². The zero-order valence-electron chi connectivity index (χ0n) is 12.5. The fraction of sp³-hybridized carbons (Fsp3) is 0.533. The number of nitrogens with zero attached hydrogens (tertiary/aromatic N) is 1. The van der Waals surface area contributed by atoms with Gasteiger partial charge in [0.1, 0.15) is 11.4 Å². The molecule has 0 saturated carbocycles. The maximum atomic E-state index is 14.2. The van der Waals surface area contributed by atoms with Crippen molar-refractivity contribution in [1.29, 1.82) is 0 Å². The Kier molecular flexibility index (Phi) is 6.75. The van der Waals surface area contributed by atoms with E-state index in [4.69, 9.17) is 27.9 Å². The van der Waals surface area contributed by atoms with E-state index in [1.807, 2.05) is 0 Å². The average Bonchev–Trinajstić information content (AvgIpc) is 2.36. The maximum Gasteiger partial charge on any atom is 0.338 e. The second-order valence-corrected chi connectivity index (χ2v) is 6.29. The molecule has 0 aliphatic carbocycles. The SMILES string of the molecule is CC(C)(C)OC(=O)c1ccc(N(CCCl)CCCl)c(F)c1. The molecular formula is C15H20Cl2FNO2. The topological polar surface area (TPSA) is 29.5 Å². The number of benzene rings is 1. The quantitative estimate of drug-likeness (QED) is 0.579. The van der Waals surface area contributed by atoms with Gasteiger partial charge in [0.05, 0.1) is 11.3 Å². The van der Waals surface area contributed by atoms with Crippen molar-refractivity contribution in [1.82, 2.24) is 0 Å². The van der Waals surface area contributed by atoms with E-state index in [-0.39, 0.29) is 5.56 Å². The van der Waals surface area contributed by atoms with Gasteiger partial charge in [-0.05, 0) is 39.0 Å². The minimum absolute atomic E-state index is 0.183. The van der Waals surface area contributed by atoms with Gasteiger partial charge >= 0.3 is 5.97 Å². The Bertz CT molecular complexity index is 483. The van der Waals surface area contributed by atoms with Crippen LogP contribution in [0.15, 0.2) is 18.2 Å². The van der Waals surface area contributed by atoms with Crippen LogP contribution in [0.3, 0.4) is 0 Å². The van der Waals surface area contributed by atoms with Gasteiger partial charge in [0.25, 0.3) is 0 Å². The van der Waals surface area contributed by atoms with Gasteiger partial charge in [0.2, 0.25) is 0 Å². The summed E-state index contributed by atoms with van der Waals surface area (Å²) in [6.07, 6.45) is 0. The first kappa shape index (κ1) is 18.1. The minimum Gasteiger partial charge on any atom is -0.456 e. The highest BCUT2D eigenvalue weighted by molar-refractivity contribution is 6.18. The van der Waals surface area contributed by atoms with Crippen molar-refractivity contribution in [2.45, 2.75) is 26.4 Å². The predicted octanol–water partition coefficient (Wildman–Crippen LogP) is 4.07. The van der Waals surface area contributed by atoms with Crippen LogP contribution in [0.25, 0.3) is 0 Å². The van der Waals surface area contributed by atoms with Crippen LogP contribution in [-0.4, -0.2) is 36.4 Å². The number of alkyl halides is 2. The smallest absolute Gasteiger partial charge is 0.338 e. The molecule has 0 aromatic heterocycles. The third-order valence-corrected chi connectivity index (χ3v) is 2.97. The Morgan fingerprint density at radius 1 is 1.24 bits per heavy atom. The number of hydrogen-bond acceptors (Lipinski definition) is 3. The predicted molar refractivity (Wildman–Crippen MR) is 85.2 cm³/mol. The lowest BCUT2D eigenvalue weighted by atomic mass is 10.1. The Hall–Kier alpha value is -1.000. The van der Waals surface area contributed by atoms with Crippen LogP contribution in [0, 0.1) is 5.82 Å². The summed E-state index contributed by atoms with van der Waals surface area (Å²) in [5.74, 6) is -0.309. The van der Waals surface area contributed by atoms with Gasteiger partial charge in [-0.15, -0.1) is 23.2 Å². The maximum absolute atomic E-state index is 14.2. The molecule has 0 aliphatic rings. The number of halogens is 3. The first-order valence-electron chi connectivity index (χ1n) is 6.68. The van der Waals surface area contributed by atoms with E-state index in [9.17, 15) is 9.18 Å². The molecule has 0 amide bonds. The van der Waals surface area contributed by atoms with Crippen LogP contribution in [0.1, 0.15) is 31.1 Å². The Morgan fingerprint density at radius 2 is 1.81 bits per heavy atom. The van der Waals surface area contributed by atoms with Crippen molar-refractivity contribution >= 4 is 34.9 Å². The molecule has 118 valence electrons. The first-order valence-corrected chi connectivity index (χ1v) is 7.75. The number of carbonyl (C=O) groups excluding carboxylic acids is 1. The number of hydrogen-bond donors (Lipinski definition) is 0. The summed E-state index contributed by atoms with van der Waals surface area (Å²) in [4.78, 5) is 13.6. The minimum atomic E-state index is -0.616. The van der Waals surface area contributed by atoms with E-state index < -0.39 is 17.4 Å². The molecule has 0 N–H and O–H groups in total. The standard InChI is InChI=1S/C15H20Cl2FNO2/c1-15(2,3)21-14(20)11-4-5-13(12(18)10-11)19(8-6-16)9-7-17/h4-5,10H,6-9H2,1-3H3. The highest BCUT2D eigenvalue weighted by Crippen LogP contribution is 2.22. The zero-order chi connectivity index (χ0) is 16.0. The van der Waals surface area contributed by atoms with Gasteiger partial charge in [0, 0.05) is 24.8 Å². The fourth-order valence-corrected chi connectivity index (χ4v) is 2.19. The molecule has 6 heteroatoms. The monoisotopic (exact) mass is 335 g/mol. The van der Waals surface area contributed by atoms with E-state index in [1.165, 1.54) is 6.07 Å². The highest BCUT2D eigenvalue weighted by atomic mass is 35.5. The van der Waals surface area contributed by atoms with Crippen LogP contribution in [-0.2, 0) is 4.74 Å². The molecule has 3 nitrogen and oxygen atoms in total.